The van der Waals surface area contributed by atoms with Crippen LogP contribution in [0.5, 0.6) is 5.75 Å². The highest BCUT2D eigenvalue weighted by Crippen LogP contribution is 2.19. The van der Waals surface area contributed by atoms with Gasteiger partial charge in [0.15, 0.2) is 6.61 Å². The number of fused-ring (bicyclic) bond motifs is 1. The van der Waals surface area contributed by atoms with Gasteiger partial charge in [0.2, 0.25) is 0 Å². The van der Waals surface area contributed by atoms with Gasteiger partial charge in [0.25, 0.3) is 5.91 Å². The Balaban J connectivity index is 1.60. The number of ether oxygens (including phenoxy) is 1. The zero-order valence-electron chi connectivity index (χ0n) is 14.6. The smallest absolute Gasteiger partial charge is 0.277 e. The van der Waals surface area contributed by atoms with E-state index in [1.807, 2.05) is 74.1 Å². The average Bonchev–Trinajstić information content (AvgIpc) is 2.92. The van der Waals surface area contributed by atoms with E-state index in [4.69, 9.17) is 4.74 Å². The third kappa shape index (κ3) is 3.88. The van der Waals surface area contributed by atoms with Gasteiger partial charge in [0.1, 0.15) is 5.75 Å². The van der Waals surface area contributed by atoms with Crippen LogP contribution in [-0.2, 0) is 11.8 Å². The zero-order chi connectivity index (χ0) is 17.8. The highest BCUT2D eigenvalue weighted by atomic mass is 16.5. The lowest BCUT2D eigenvalue weighted by Crippen LogP contribution is -2.24. The molecule has 0 bridgehead atoms. The molecule has 0 aliphatic heterocycles. The van der Waals surface area contributed by atoms with Gasteiger partial charge in [-0.05, 0) is 37.1 Å². The van der Waals surface area contributed by atoms with E-state index in [1.54, 1.807) is 6.21 Å². The Morgan fingerprint density at radius 2 is 2.04 bits per heavy atom. The fourth-order valence-corrected chi connectivity index (χ4v) is 2.69. The number of hydrogen-bond donors (Lipinski definition) is 1. The van der Waals surface area contributed by atoms with E-state index in [9.17, 15) is 4.79 Å². The van der Waals surface area contributed by atoms with Crippen molar-refractivity contribution < 1.29 is 9.53 Å². The molecule has 0 saturated carbocycles. The first-order valence-corrected chi connectivity index (χ1v) is 8.10. The first-order chi connectivity index (χ1) is 12.0. The third-order valence-electron chi connectivity index (χ3n) is 4.02. The minimum Gasteiger partial charge on any atom is -0.483 e. The number of carbonyl (C=O) groups is 1. The second-order valence-electron chi connectivity index (χ2n) is 6.06. The van der Waals surface area contributed by atoms with Crippen LogP contribution >= 0.6 is 0 Å². The second-order valence-corrected chi connectivity index (χ2v) is 6.06. The maximum absolute atomic E-state index is 11.9. The molecule has 0 aliphatic carbocycles. The molecule has 0 aliphatic rings. The van der Waals surface area contributed by atoms with E-state index in [-0.39, 0.29) is 12.5 Å². The quantitative estimate of drug-likeness (QED) is 0.574. The van der Waals surface area contributed by atoms with Gasteiger partial charge in [-0.3, -0.25) is 4.79 Å². The Morgan fingerprint density at radius 3 is 2.88 bits per heavy atom. The van der Waals surface area contributed by atoms with Crippen LogP contribution in [0.25, 0.3) is 10.9 Å². The molecular weight excluding hydrogens is 314 g/mol. The Hall–Kier alpha value is -3.08. The molecular formula is C20H21N3O2. The minimum atomic E-state index is -0.294. The predicted molar refractivity (Wildman–Crippen MR) is 100 cm³/mol. The van der Waals surface area contributed by atoms with Gasteiger partial charge in [-0.15, -0.1) is 0 Å². The summed E-state index contributed by atoms with van der Waals surface area (Å²) in [6, 6.07) is 14.0. The lowest BCUT2D eigenvalue weighted by atomic mass is 10.1. The molecule has 0 atom stereocenters. The fourth-order valence-electron chi connectivity index (χ4n) is 2.69. The molecule has 1 aromatic heterocycles. The summed E-state index contributed by atoms with van der Waals surface area (Å²) in [4.78, 5) is 11.9. The van der Waals surface area contributed by atoms with E-state index in [0.29, 0.717) is 5.75 Å². The topological polar surface area (TPSA) is 55.6 Å². The summed E-state index contributed by atoms with van der Waals surface area (Å²) in [5.74, 6) is 0.422. The SMILES string of the molecule is Cc1ccc(C)c(OCC(=O)NN=Cc2cn(C)c3ccccc23)c1. The number of benzene rings is 2. The molecule has 3 rings (SSSR count). The first kappa shape index (κ1) is 16.8. The monoisotopic (exact) mass is 335 g/mol. The van der Waals surface area contributed by atoms with E-state index >= 15 is 0 Å². The van der Waals surface area contributed by atoms with Crippen LogP contribution in [0, 0.1) is 13.8 Å². The van der Waals surface area contributed by atoms with Crippen LogP contribution in [0.1, 0.15) is 16.7 Å². The van der Waals surface area contributed by atoms with Gasteiger partial charge in [0, 0.05) is 29.7 Å². The van der Waals surface area contributed by atoms with Crippen molar-refractivity contribution in [3.05, 3.63) is 65.4 Å². The van der Waals surface area contributed by atoms with Crippen molar-refractivity contribution in [2.45, 2.75) is 13.8 Å². The Kier molecular flexibility index (Phi) is 4.84. The van der Waals surface area contributed by atoms with E-state index in [0.717, 1.165) is 27.6 Å². The third-order valence-corrected chi connectivity index (χ3v) is 4.02. The first-order valence-electron chi connectivity index (χ1n) is 8.10. The van der Waals surface area contributed by atoms with Gasteiger partial charge in [0.05, 0.1) is 6.21 Å². The number of hydrogen-bond acceptors (Lipinski definition) is 3. The molecule has 5 heteroatoms. The van der Waals surface area contributed by atoms with Crippen molar-refractivity contribution in [3.63, 3.8) is 0 Å². The molecule has 1 N–H and O–H groups in total. The second kappa shape index (κ2) is 7.21. The molecule has 128 valence electrons. The summed E-state index contributed by atoms with van der Waals surface area (Å²) < 4.78 is 7.60. The molecule has 2 aromatic carbocycles. The van der Waals surface area contributed by atoms with Gasteiger partial charge in [-0.25, -0.2) is 5.43 Å². The standard InChI is InChI=1S/C20H21N3O2/c1-14-8-9-15(2)19(10-14)25-13-20(24)22-21-11-16-12-23(3)18-7-5-4-6-17(16)18/h4-12H,13H2,1-3H3,(H,22,24). The number of aromatic nitrogens is 1. The summed E-state index contributed by atoms with van der Waals surface area (Å²) >= 11 is 0. The van der Waals surface area contributed by atoms with Crippen molar-refractivity contribution in [1.29, 1.82) is 0 Å². The van der Waals surface area contributed by atoms with Crippen molar-refractivity contribution in [3.8, 4) is 5.75 Å². The molecule has 5 nitrogen and oxygen atoms in total. The van der Waals surface area contributed by atoms with Crippen molar-refractivity contribution in [2.75, 3.05) is 6.61 Å². The normalized spacial score (nSPS) is 11.2. The number of rotatable bonds is 5. The zero-order valence-corrected chi connectivity index (χ0v) is 14.6. The van der Waals surface area contributed by atoms with Gasteiger partial charge in [-0.2, -0.15) is 5.10 Å². The van der Waals surface area contributed by atoms with E-state index in [2.05, 4.69) is 10.5 Å². The van der Waals surface area contributed by atoms with Gasteiger partial charge in [-0.1, -0.05) is 30.3 Å². The molecule has 3 aromatic rings. The van der Waals surface area contributed by atoms with Crippen LogP contribution < -0.4 is 10.2 Å². The summed E-state index contributed by atoms with van der Waals surface area (Å²) in [5, 5.41) is 5.13. The summed E-state index contributed by atoms with van der Waals surface area (Å²) in [7, 11) is 1.98. The van der Waals surface area contributed by atoms with Crippen LogP contribution in [0.15, 0.2) is 53.8 Å². The maximum atomic E-state index is 11.9. The number of aryl methyl sites for hydroxylation is 3. The number of nitrogens with zero attached hydrogens (tertiary/aromatic N) is 2. The van der Waals surface area contributed by atoms with Gasteiger partial charge < -0.3 is 9.30 Å². The molecule has 1 heterocycles. The molecule has 25 heavy (non-hydrogen) atoms. The van der Waals surface area contributed by atoms with E-state index < -0.39 is 0 Å². The molecule has 1 amide bonds. The van der Waals surface area contributed by atoms with Gasteiger partial charge >= 0.3 is 0 Å². The van der Waals surface area contributed by atoms with Crippen LogP contribution in [0.2, 0.25) is 0 Å². The fraction of sp³-hybridized carbons (Fsp3) is 0.200. The van der Waals surface area contributed by atoms with Crippen LogP contribution in [-0.4, -0.2) is 23.3 Å². The average molecular weight is 335 g/mol. The van der Waals surface area contributed by atoms with Crippen molar-refractivity contribution in [2.24, 2.45) is 12.1 Å². The van der Waals surface area contributed by atoms with Crippen molar-refractivity contribution in [1.82, 2.24) is 9.99 Å². The highest BCUT2D eigenvalue weighted by molar-refractivity contribution is 5.99. The summed E-state index contributed by atoms with van der Waals surface area (Å²) in [6.07, 6.45) is 3.63. The number of hydrazone groups is 1. The van der Waals surface area contributed by atoms with E-state index in [1.165, 1.54) is 0 Å². The number of para-hydroxylation sites is 1. The number of amides is 1. The summed E-state index contributed by atoms with van der Waals surface area (Å²) in [5.41, 5.74) is 6.67. The molecule has 0 spiro atoms. The minimum absolute atomic E-state index is 0.0723. The lowest BCUT2D eigenvalue weighted by molar-refractivity contribution is -0.123. The number of nitrogens with one attached hydrogen (secondary N) is 1. The highest BCUT2D eigenvalue weighted by Gasteiger charge is 2.06. The molecule has 0 fully saturated rings. The molecule has 0 unspecified atom stereocenters. The Labute approximate surface area is 146 Å². The van der Waals surface area contributed by atoms with Crippen LogP contribution in [0.3, 0.4) is 0 Å². The predicted octanol–water partition coefficient (Wildman–Crippen LogP) is 3.32. The Morgan fingerprint density at radius 1 is 1.24 bits per heavy atom. The Bertz CT molecular complexity index is 941. The number of carbonyl (C=O) groups excluding carboxylic acids is 1. The molecule has 0 radical (unpaired) electrons. The van der Waals surface area contributed by atoms with Crippen molar-refractivity contribution >= 4 is 23.0 Å². The molecule has 0 saturated heterocycles. The summed E-state index contributed by atoms with van der Waals surface area (Å²) in [6.45, 7) is 3.86. The largest absolute Gasteiger partial charge is 0.483 e. The maximum Gasteiger partial charge on any atom is 0.277 e. The lowest BCUT2D eigenvalue weighted by Gasteiger charge is -2.08. The van der Waals surface area contributed by atoms with Crippen LogP contribution in [0.4, 0.5) is 0 Å².